The molecular formula is C21H27ClF2N4O3S2. The molecule has 33 heavy (non-hydrogen) atoms. The summed E-state index contributed by atoms with van der Waals surface area (Å²) in [4.78, 5) is 39.3. The molecule has 0 saturated carbocycles. The van der Waals surface area contributed by atoms with Gasteiger partial charge in [-0.3, -0.25) is 14.4 Å². The zero-order valence-corrected chi connectivity index (χ0v) is 21.0. The molecule has 2 aliphatic heterocycles. The summed E-state index contributed by atoms with van der Waals surface area (Å²) in [6.07, 6.45) is 2.58. The Bertz CT molecular complexity index is 954. The number of carbonyl (C=O) groups excluding carboxylic acids is 3. The van der Waals surface area contributed by atoms with Crippen LogP contribution in [0.3, 0.4) is 0 Å². The van der Waals surface area contributed by atoms with Gasteiger partial charge in [-0.15, -0.1) is 0 Å². The Morgan fingerprint density at radius 3 is 2.55 bits per heavy atom. The topological polar surface area (TPSA) is 91.2 Å². The van der Waals surface area contributed by atoms with Crippen LogP contribution in [0.15, 0.2) is 34.1 Å². The van der Waals surface area contributed by atoms with Crippen LogP contribution in [0.5, 0.6) is 0 Å². The van der Waals surface area contributed by atoms with E-state index in [0.717, 1.165) is 6.07 Å². The highest BCUT2D eigenvalue weighted by atomic mass is 35.5. The number of rotatable bonds is 6. The molecule has 0 bridgehead atoms. The molecule has 1 unspecified atom stereocenters. The highest BCUT2D eigenvalue weighted by Crippen LogP contribution is 2.28. The first kappa shape index (κ1) is 29.1. The summed E-state index contributed by atoms with van der Waals surface area (Å²) in [6.45, 7) is 4.26. The molecule has 0 spiro atoms. The van der Waals surface area contributed by atoms with Gasteiger partial charge in [0.15, 0.2) is 11.6 Å². The van der Waals surface area contributed by atoms with Crippen molar-refractivity contribution in [3.05, 3.63) is 46.1 Å². The Balaban J connectivity index is 0.00000272. The fraction of sp³-hybridized carbons (Fsp3) is 0.476. The monoisotopic (exact) mass is 520 g/mol. The molecule has 12 heteroatoms. The molecule has 7 nitrogen and oxygen atoms in total. The van der Waals surface area contributed by atoms with Gasteiger partial charge in [0.1, 0.15) is 5.78 Å². The predicted octanol–water partition coefficient (Wildman–Crippen LogP) is 3.44. The van der Waals surface area contributed by atoms with Crippen LogP contribution in [-0.4, -0.2) is 47.7 Å². The number of amides is 2. The summed E-state index contributed by atoms with van der Waals surface area (Å²) < 4.78 is 26.9. The lowest BCUT2D eigenvalue weighted by Crippen LogP contribution is -2.48. The molecular weight excluding hydrogens is 494 g/mol. The molecule has 0 aliphatic carbocycles. The maximum atomic E-state index is 13.6. The highest BCUT2D eigenvalue weighted by Gasteiger charge is 2.40. The van der Waals surface area contributed by atoms with Gasteiger partial charge in [0.2, 0.25) is 0 Å². The summed E-state index contributed by atoms with van der Waals surface area (Å²) in [6, 6.07) is 1.25. The van der Waals surface area contributed by atoms with Crippen molar-refractivity contribution in [3.8, 4) is 0 Å². The van der Waals surface area contributed by atoms with Gasteiger partial charge in [-0.25, -0.2) is 8.78 Å². The van der Waals surface area contributed by atoms with Crippen LogP contribution in [-0.2, 0) is 20.8 Å². The number of hydrogen-bond acceptors (Lipinski definition) is 5. The molecule has 1 aromatic rings. The maximum absolute atomic E-state index is 13.6. The van der Waals surface area contributed by atoms with E-state index in [1.807, 2.05) is 6.92 Å². The number of nitrogens with one attached hydrogen (secondary N) is 1. The minimum Gasteiger partial charge on any atom is -0.339 e. The predicted molar refractivity (Wildman–Crippen MR) is 130 cm³/mol. The van der Waals surface area contributed by atoms with Gasteiger partial charge in [-0.1, -0.05) is 18.5 Å². The van der Waals surface area contributed by atoms with Crippen molar-refractivity contribution in [1.29, 1.82) is 0 Å². The third kappa shape index (κ3) is 6.54. The van der Waals surface area contributed by atoms with Crippen LogP contribution in [0.1, 0.15) is 32.3 Å². The van der Waals surface area contributed by atoms with E-state index in [4.69, 9.17) is 11.6 Å². The van der Waals surface area contributed by atoms with Gasteiger partial charge in [-0.2, -0.15) is 37.2 Å². The van der Waals surface area contributed by atoms with Crippen molar-refractivity contribution in [2.45, 2.75) is 45.2 Å². The largest absolute Gasteiger partial charge is 0.339 e. The Morgan fingerprint density at radius 1 is 1.27 bits per heavy atom. The average Bonchev–Trinajstić information content (AvgIpc) is 3.39. The number of nitrogens with zero attached hydrogens (tertiary/aromatic N) is 3. The first-order valence-electron chi connectivity index (χ1n) is 10.1. The van der Waals surface area contributed by atoms with E-state index < -0.39 is 46.5 Å². The number of ketones is 1. The summed E-state index contributed by atoms with van der Waals surface area (Å²) in [7, 11) is 0. The van der Waals surface area contributed by atoms with E-state index in [0.29, 0.717) is 25.1 Å². The van der Waals surface area contributed by atoms with E-state index in [1.54, 1.807) is 13.0 Å². The van der Waals surface area contributed by atoms with E-state index in [1.165, 1.54) is 11.0 Å². The quantitative estimate of drug-likeness (QED) is 0.460. The number of hydrogen-bond donors (Lipinski definition) is 1. The molecule has 3 rings (SSSR count). The number of likely N-dealkylation sites (tertiary alicyclic amines) is 1. The van der Waals surface area contributed by atoms with Crippen LogP contribution in [0.2, 0.25) is 5.02 Å². The summed E-state index contributed by atoms with van der Waals surface area (Å²) in [5.74, 6) is -4.50. The van der Waals surface area contributed by atoms with Crippen LogP contribution in [0, 0.1) is 17.6 Å². The molecule has 0 radical (unpaired) electrons. The third-order valence-electron chi connectivity index (χ3n) is 5.68. The van der Waals surface area contributed by atoms with Crippen LogP contribution in [0.25, 0.3) is 0 Å². The second-order valence-corrected chi connectivity index (χ2v) is 8.05. The van der Waals surface area contributed by atoms with E-state index >= 15 is 0 Å². The lowest BCUT2D eigenvalue weighted by molar-refractivity contribution is -0.147. The Kier molecular flexibility index (Phi) is 11.0. The molecule has 1 saturated heterocycles. The van der Waals surface area contributed by atoms with Crippen LogP contribution >= 0.6 is 38.6 Å². The smallest absolute Gasteiger partial charge is 0.312 e. The van der Waals surface area contributed by atoms with Crippen molar-refractivity contribution >= 4 is 56.2 Å². The molecule has 2 aliphatic rings. The molecule has 0 aromatic heterocycles. The van der Waals surface area contributed by atoms with Crippen molar-refractivity contribution in [1.82, 2.24) is 10.2 Å². The van der Waals surface area contributed by atoms with E-state index in [2.05, 4.69) is 15.5 Å². The lowest BCUT2D eigenvalue weighted by atomic mass is 9.92. The van der Waals surface area contributed by atoms with Crippen LogP contribution < -0.4 is 5.32 Å². The first-order chi connectivity index (χ1) is 14.7. The zero-order chi connectivity index (χ0) is 22.7. The highest BCUT2D eigenvalue weighted by molar-refractivity contribution is 7.59. The summed E-state index contributed by atoms with van der Waals surface area (Å²) in [5, 5.41) is 10.1. The van der Waals surface area contributed by atoms with Crippen molar-refractivity contribution in [2.24, 2.45) is 16.1 Å². The lowest BCUT2D eigenvalue weighted by Gasteiger charge is -2.25. The van der Waals surface area contributed by atoms with E-state index in [-0.39, 0.29) is 51.3 Å². The van der Waals surface area contributed by atoms with Gasteiger partial charge in [0.05, 0.1) is 23.3 Å². The summed E-state index contributed by atoms with van der Waals surface area (Å²) in [5.41, 5.74) is 0.879. The number of halogens is 3. The van der Waals surface area contributed by atoms with Gasteiger partial charge in [-0.05, 0) is 43.5 Å². The molecule has 1 fully saturated rings. The average molecular weight is 521 g/mol. The fourth-order valence-corrected chi connectivity index (χ4v) is 4.17. The normalized spacial score (nSPS) is 19.9. The van der Waals surface area contributed by atoms with Crippen molar-refractivity contribution in [3.63, 3.8) is 0 Å². The van der Waals surface area contributed by atoms with E-state index in [9.17, 15) is 23.2 Å². The second kappa shape index (κ2) is 12.5. The van der Waals surface area contributed by atoms with Gasteiger partial charge >= 0.3 is 11.8 Å². The maximum Gasteiger partial charge on any atom is 0.312 e. The zero-order valence-electron chi connectivity index (χ0n) is 18.2. The second-order valence-electron chi connectivity index (χ2n) is 7.64. The third-order valence-corrected chi connectivity index (χ3v) is 5.96. The molecule has 182 valence electrons. The standard InChI is InChI=1S/C21H23ClF2N4O3.2H2S/c1-3-16(17-4-6-25-27-17)26-20(30)21(31)28-7-5-13(11(28)2)18(29)10-12-8-14(22)19(24)15(23)9-12;;/h4,8-9,11,13,16H,3,5-7,10H2,1-2H3,(H,26,30);2*1H2/t11-,13-,16?;;/m0../s1. The van der Waals surface area contributed by atoms with Crippen molar-refractivity contribution in [2.75, 3.05) is 13.1 Å². The molecule has 2 heterocycles. The molecule has 3 atom stereocenters. The van der Waals surface area contributed by atoms with Crippen LogP contribution in [0.4, 0.5) is 8.78 Å². The Labute approximate surface area is 209 Å². The Morgan fingerprint density at radius 2 is 1.97 bits per heavy atom. The van der Waals surface area contributed by atoms with Gasteiger partial charge in [0.25, 0.3) is 0 Å². The summed E-state index contributed by atoms with van der Waals surface area (Å²) >= 11 is 5.65. The number of azo groups is 1. The molecule has 1 aromatic carbocycles. The van der Waals surface area contributed by atoms with Crippen molar-refractivity contribution < 1.29 is 23.2 Å². The molecule has 1 N–H and O–H groups in total. The number of carbonyl (C=O) groups is 3. The van der Waals surface area contributed by atoms with Gasteiger partial charge < -0.3 is 10.2 Å². The fourth-order valence-electron chi connectivity index (χ4n) is 3.94. The minimum absolute atomic E-state index is 0. The first-order valence-corrected chi connectivity index (χ1v) is 10.5. The molecule has 2 amide bonds. The Hall–Kier alpha value is -1.98. The number of Topliss-reactive ketones (excluding diaryl/α,β-unsaturated/α-hetero) is 1. The minimum atomic E-state index is -1.16. The van der Waals surface area contributed by atoms with Gasteiger partial charge in [0, 0.05) is 24.9 Å². The number of benzene rings is 1. The SMILES string of the molecule is CCC(NC(=O)C(=O)N1CC[C@H](C(=O)Cc2cc(F)c(F)c(Cl)c2)[C@@H]1C)C1=CCN=N1.S.S.